The van der Waals surface area contributed by atoms with Crippen LogP contribution < -0.4 is 9.47 Å². The first kappa shape index (κ1) is 19.3. The SMILES string of the molecule is COCCCOc1cc(CC(C(=O)OC)C(C)C)ccc1OC. The molecule has 5 heteroatoms. The van der Waals surface area contributed by atoms with Crippen molar-refractivity contribution in [1.82, 2.24) is 0 Å². The van der Waals surface area contributed by atoms with E-state index in [1.54, 1.807) is 14.2 Å². The first-order chi connectivity index (χ1) is 11.0. The van der Waals surface area contributed by atoms with E-state index < -0.39 is 0 Å². The molecule has 0 saturated carbocycles. The first-order valence-electron chi connectivity index (χ1n) is 7.90. The molecule has 0 bridgehead atoms. The molecule has 0 spiro atoms. The fourth-order valence-corrected chi connectivity index (χ4v) is 2.34. The van der Waals surface area contributed by atoms with Gasteiger partial charge < -0.3 is 18.9 Å². The van der Waals surface area contributed by atoms with E-state index in [4.69, 9.17) is 18.9 Å². The average Bonchev–Trinajstić information content (AvgIpc) is 2.55. The van der Waals surface area contributed by atoms with E-state index in [1.165, 1.54) is 7.11 Å². The highest BCUT2D eigenvalue weighted by molar-refractivity contribution is 5.73. The van der Waals surface area contributed by atoms with Crippen LogP contribution in [-0.2, 0) is 20.7 Å². The highest BCUT2D eigenvalue weighted by Gasteiger charge is 2.23. The molecule has 5 nitrogen and oxygen atoms in total. The Morgan fingerprint density at radius 1 is 1.09 bits per heavy atom. The molecule has 0 radical (unpaired) electrons. The van der Waals surface area contributed by atoms with Gasteiger partial charge in [-0.25, -0.2) is 0 Å². The van der Waals surface area contributed by atoms with Gasteiger partial charge in [-0.2, -0.15) is 0 Å². The molecule has 0 aromatic heterocycles. The van der Waals surface area contributed by atoms with Crippen LogP contribution in [0.25, 0.3) is 0 Å². The molecule has 1 aromatic rings. The zero-order chi connectivity index (χ0) is 17.2. The second-order valence-corrected chi connectivity index (χ2v) is 5.76. The van der Waals surface area contributed by atoms with Crippen LogP contribution in [0, 0.1) is 11.8 Å². The molecule has 130 valence electrons. The van der Waals surface area contributed by atoms with Gasteiger partial charge in [0.05, 0.1) is 26.7 Å². The molecule has 1 unspecified atom stereocenters. The van der Waals surface area contributed by atoms with Gasteiger partial charge in [-0.15, -0.1) is 0 Å². The van der Waals surface area contributed by atoms with Gasteiger partial charge in [0.25, 0.3) is 0 Å². The van der Waals surface area contributed by atoms with E-state index in [0.29, 0.717) is 31.1 Å². The fourth-order valence-electron chi connectivity index (χ4n) is 2.34. The monoisotopic (exact) mass is 324 g/mol. The Kier molecular flexibility index (Phi) is 8.48. The molecule has 0 aliphatic heterocycles. The average molecular weight is 324 g/mol. The van der Waals surface area contributed by atoms with Crippen molar-refractivity contribution in [2.45, 2.75) is 26.7 Å². The number of hydrogen-bond donors (Lipinski definition) is 0. The molecular formula is C18H28O5. The molecule has 0 aliphatic rings. The van der Waals surface area contributed by atoms with Crippen molar-refractivity contribution in [2.75, 3.05) is 34.5 Å². The second-order valence-electron chi connectivity index (χ2n) is 5.76. The normalized spacial score (nSPS) is 12.1. The summed E-state index contributed by atoms with van der Waals surface area (Å²) >= 11 is 0. The number of hydrogen-bond acceptors (Lipinski definition) is 5. The quantitative estimate of drug-likeness (QED) is 0.489. The minimum atomic E-state index is -0.182. The highest BCUT2D eigenvalue weighted by Crippen LogP contribution is 2.30. The topological polar surface area (TPSA) is 54.0 Å². The van der Waals surface area contributed by atoms with E-state index in [1.807, 2.05) is 32.0 Å². The Morgan fingerprint density at radius 3 is 2.39 bits per heavy atom. The van der Waals surface area contributed by atoms with Crippen molar-refractivity contribution < 1.29 is 23.7 Å². The van der Waals surface area contributed by atoms with Gasteiger partial charge >= 0.3 is 5.97 Å². The lowest BCUT2D eigenvalue weighted by molar-refractivity contribution is -0.146. The highest BCUT2D eigenvalue weighted by atomic mass is 16.5. The van der Waals surface area contributed by atoms with E-state index in [0.717, 1.165) is 12.0 Å². The van der Waals surface area contributed by atoms with Crippen LogP contribution in [0.2, 0.25) is 0 Å². The predicted octanol–water partition coefficient (Wildman–Crippen LogP) is 3.10. The Hall–Kier alpha value is -1.75. The number of esters is 1. The van der Waals surface area contributed by atoms with Crippen LogP contribution >= 0.6 is 0 Å². The largest absolute Gasteiger partial charge is 0.493 e. The minimum absolute atomic E-state index is 0.172. The van der Waals surface area contributed by atoms with E-state index in [2.05, 4.69) is 0 Å². The smallest absolute Gasteiger partial charge is 0.309 e. The summed E-state index contributed by atoms with van der Waals surface area (Å²) in [5.41, 5.74) is 1.02. The van der Waals surface area contributed by atoms with Crippen LogP contribution in [0.4, 0.5) is 0 Å². The molecular weight excluding hydrogens is 296 g/mol. The standard InChI is InChI=1S/C18H28O5/c1-13(2)15(18(19)22-5)11-14-7-8-16(21-4)17(12-14)23-10-6-9-20-3/h7-8,12-13,15H,6,9-11H2,1-5H3. The van der Waals surface area contributed by atoms with E-state index in [9.17, 15) is 4.79 Å². The summed E-state index contributed by atoms with van der Waals surface area (Å²) in [5.74, 6) is 1.22. The lowest BCUT2D eigenvalue weighted by Crippen LogP contribution is -2.24. The molecule has 0 aliphatic carbocycles. The van der Waals surface area contributed by atoms with Crippen molar-refractivity contribution in [3.05, 3.63) is 23.8 Å². The lowest BCUT2D eigenvalue weighted by atomic mass is 9.89. The van der Waals surface area contributed by atoms with Crippen molar-refractivity contribution >= 4 is 5.97 Å². The molecule has 0 N–H and O–H groups in total. The summed E-state index contributed by atoms with van der Waals surface area (Å²) in [5, 5.41) is 0. The number of ether oxygens (including phenoxy) is 4. The van der Waals surface area contributed by atoms with Crippen LogP contribution in [0.5, 0.6) is 11.5 Å². The third-order valence-electron chi connectivity index (χ3n) is 3.74. The number of methoxy groups -OCH3 is 3. The van der Waals surface area contributed by atoms with Crippen LogP contribution in [-0.4, -0.2) is 40.5 Å². The maximum atomic E-state index is 11.9. The predicted molar refractivity (Wildman–Crippen MR) is 89.0 cm³/mol. The zero-order valence-corrected chi connectivity index (χ0v) is 14.8. The Balaban J connectivity index is 2.84. The zero-order valence-electron chi connectivity index (χ0n) is 14.8. The first-order valence-corrected chi connectivity index (χ1v) is 7.90. The van der Waals surface area contributed by atoms with Crippen molar-refractivity contribution in [3.8, 4) is 11.5 Å². The summed E-state index contributed by atoms with van der Waals surface area (Å²) in [6.07, 6.45) is 1.42. The summed E-state index contributed by atoms with van der Waals surface area (Å²) < 4.78 is 21.0. The number of benzene rings is 1. The molecule has 1 aromatic carbocycles. The maximum absolute atomic E-state index is 11.9. The molecule has 0 heterocycles. The van der Waals surface area contributed by atoms with Gasteiger partial charge in [0, 0.05) is 20.1 Å². The molecule has 0 amide bonds. The van der Waals surface area contributed by atoms with Crippen LogP contribution in [0.1, 0.15) is 25.8 Å². The molecule has 1 atom stereocenters. The van der Waals surface area contributed by atoms with Gasteiger partial charge in [-0.3, -0.25) is 4.79 Å². The second kappa shape index (κ2) is 10.1. The summed E-state index contributed by atoms with van der Waals surface area (Å²) in [6.45, 7) is 5.25. The molecule has 23 heavy (non-hydrogen) atoms. The summed E-state index contributed by atoms with van der Waals surface area (Å²) in [7, 11) is 4.71. The van der Waals surface area contributed by atoms with E-state index in [-0.39, 0.29) is 17.8 Å². The van der Waals surface area contributed by atoms with Gasteiger partial charge in [0.1, 0.15) is 0 Å². The third kappa shape index (κ3) is 6.10. The minimum Gasteiger partial charge on any atom is -0.493 e. The Morgan fingerprint density at radius 2 is 1.83 bits per heavy atom. The van der Waals surface area contributed by atoms with Crippen molar-refractivity contribution in [2.24, 2.45) is 11.8 Å². The number of rotatable bonds is 10. The van der Waals surface area contributed by atoms with Gasteiger partial charge in [-0.1, -0.05) is 19.9 Å². The maximum Gasteiger partial charge on any atom is 0.309 e. The van der Waals surface area contributed by atoms with Crippen molar-refractivity contribution in [1.29, 1.82) is 0 Å². The van der Waals surface area contributed by atoms with Gasteiger partial charge in [-0.05, 0) is 30.0 Å². The summed E-state index contributed by atoms with van der Waals surface area (Å²) in [4.78, 5) is 11.9. The summed E-state index contributed by atoms with van der Waals surface area (Å²) in [6, 6.07) is 5.76. The number of carbonyl (C=O) groups excluding carboxylic acids is 1. The fraction of sp³-hybridized carbons (Fsp3) is 0.611. The van der Waals surface area contributed by atoms with Crippen LogP contribution in [0.3, 0.4) is 0 Å². The molecule has 1 rings (SSSR count). The third-order valence-corrected chi connectivity index (χ3v) is 3.74. The molecule has 0 saturated heterocycles. The molecule has 0 fully saturated rings. The van der Waals surface area contributed by atoms with Crippen LogP contribution in [0.15, 0.2) is 18.2 Å². The van der Waals surface area contributed by atoms with Crippen molar-refractivity contribution in [3.63, 3.8) is 0 Å². The number of carbonyl (C=O) groups is 1. The van der Waals surface area contributed by atoms with E-state index >= 15 is 0 Å². The Bertz CT molecular complexity index is 484. The van der Waals surface area contributed by atoms with Gasteiger partial charge in [0.2, 0.25) is 0 Å². The lowest BCUT2D eigenvalue weighted by Gasteiger charge is -2.19. The van der Waals surface area contributed by atoms with Gasteiger partial charge in [0.15, 0.2) is 11.5 Å². The Labute approximate surface area is 138 Å².